The van der Waals surface area contributed by atoms with Gasteiger partial charge in [-0.15, -0.1) is 0 Å². The van der Waals surface area contributed by atoms with Crippen molar-refractivity contribution in [2.75, 3.05) is 32.8 Å². The van der Waals surface area contributed by atoms with Crippen LogP contribution in [-0.4, -0.2) is 65.3 Å². The summed E-state index contributed by atoms with van der Waals surface area (Å²) in [6.45, 7) is 4.94. The van der Waals surface area contributed by atoms with E-state index in [9.17, 15) is 9.59 Å². The second-order valence-electron chi connectivity index (χ2n) is 4.76. The number of piperidine rings is 1. The number of carbonyl (C=O) groups is 2. The smallest absolute Gasteiger partial charge is 0.245 e. The first-order valence-electron chi connectivity index (χ1n) is 6.42. The molecule has 2 heterocycles. The van der Waals surface area contributed by atoms with Crippen molar-refractivity contribution in [3.05, 3.63) is 0 Å². The number of likely N-dealkylation sites (tertiary alicyclic amines) is 1. The minimum Gasteiger partial charge on any atom is -0.378 e. The van der Waals surface area contributed by atoms with E-state index in [0.717, 1.165) is 12.8 Å². The average molecular weight is 319 g/mol. The van der Waals surface area contributed by atoms with Gasteiger partial charge < -0.3 is 14.5 Å². The predicted octanol–water partition coefficient (Wildman–Crippen LogP) is 0.620. The molecule has 0 saturated carbocycles. The van der Waals surface area contributed by atoms with Crippen LogP contribution in [0.3, 0.4) is 0 Å². The maximum atomic E-state index is 12.3. The van der Waals surface area contributed by atoms with E-state index >= 15 is 0 Å². The number of hydrogen-bond acceptors (Lipinski definition) is 3. The van der Waals surface area contributed by atoms with E-state index in [-0.39, 0.29) is 22.7 Å². The average Bonchev–Trinajstić information content (AvgIpc) is 2.41. The summed E-state index contributed by atoms with van der Waals surface area (Å²) < 4.78 is 5.23. The molecular formula is C12H19BrN2O3. The zero-order chi connectivity index (χ0) is 13.1. The molecule has 0 spiro atoms. The Morgan fingerprint density at radius 2 is 2.06 bits per heavy atom. The fourth-order valence-electron chi connectivity index (χ4n) is 2.42. The molecule has 0 aromatic rings. The quantitative estimate of drug-likeness (QED) is 0.701. The maximum Gasteiger partial charge on any atom is 0.245 e. The summed E-state index contributed by atoms with van der Waals surface area (Å²) in [5.74, 6) is 0.0728. The molecule has 6 heteroatoms. The molecule has 5 nitrogen and oxygen atoms in total. The Balaban J connectivity index is 1.98. The zero-order valence-electron chi connectivity index (χ0n) is 10.6. The van der Waals surface area contributed by atoms with Gasteiger partial charge in [-0.05, 0) is 19.8 Å². The molecule has 2 fully saturated rings. The third-order valence-corrected chi connectivity index (χ3v) is 4.40. The van der Waals surface area contributed by atoms with Crippen molar-refractivity contribution < 1.29 is 14.3 Å². The topological polar surface area (TPSA) is 49.9 Å². The van der Waals surface area contributed by atoms with Crippen LogP contribution >= 0.6 is 15.9 Å². The Morgan fingerprint density at radius 3 is 2.72 bits per heavy atom. The SMILES string of the molecule is CC(C(=O)N1CCOCC1)N1CCCC(Br)C1=O. The van der Waals surface area contributed by atoms with Crippen molar-refractivity contribution in [2.45, 2.75) is 30.6 Å². The third-order valence-electron chi connectivity index (χ3n) is 3.56. The van der Waals surface area contributed by atoms with Crippen molar-refractivity contribution in [3.63, 3.8) is 0 Å². The van der Waals surface area contributed by atoms with Crippen LogP contribution in [0.2, 0.25) is 0 Å². The molecule has 0 aromatic carbocycles. The number of morpholine rings is 1. The molecule has 2 amide bonds. The normalized spacial score (nSPS) is 27.2. The summed E-state index contributed by atoms with van der Waals surface area (Å²) in [6, 6.07) is -0.365. The number of rotatable bonds is 2. The monoisotopic (exact) mass is 318 g/mol. The summed E-state index contributed by atoms with van der Waals surface area (Å²) in [5.41, 5.74) is 0. The third kappa shape index (κ3) is 2.85. The van der Waals surface area contributed by atoms with Gasteiger partial charge in [0, 0.05) is 19.6 Å². The summed E-state index contributed by atoms with van der Waals surface area (Å²) in [7, 11) is 0. The molecular weight excluding hydrogens is 300 g/mol. The molecule has 0 aliphatic carbocycles. The van der Waals surface area contributed by atoms with Crippen LogP contribution in [0.5, 0.6) is 0 Å². The Hall–Kier alpha value is -0.620. The van der Waals surface area contributed by atoms with Crippen molar-refractivity contribution in [3.8, 4) is 0 Å². The highest BCUT2D eigenvalue weighted by Crippen LogP contribution is 2.21. The molecule has 2 aliphatic rings. The van der Waals surface area contributed by atoms with E-state index in [1.54, 1.807) is 9.80 Å². The van der Waals surface area contributed by atoms with Gasteiger partial charge in [-0.3, -0.25) is 9.59 Å². The van der Waals surface area contributed by atoms with Crippen LogP contribution < -0.4 is 0 Å². The Labute approximate surface area is 116 Å². The minimum atomic E-state index is -0.365. The van der Waals surface area contributed by atoms with Gasteiger partial charge in [0.1, 0.15) is 6.04 Å². The number of amides is 2. The number of hydrogen-bond donors (Lipinski definition) is 0. The van der Waals surface area contributed by atoms with Crippen LogP contribution in [0.1, 0.15) is 19.8 Å². The van der Waals surface area contributed by atoms with Crippen molar-refractivity contribution >= 4 is 27.7 Å². The fourth-order valence-corrected chi connectivity index (χ4v) is 3.01. The molecule has 2 aliphatic heterocycles. The molecule has 2 unspecified atom stereocenters. The van der Waals surface area contributed by atoms with Crippen LogP contribution in [0.4, 0.5) is 0 Å². The van der Waals surface area contributed by atoms with E-state index < -0.39 is 0 Å². The Morgan fingerprint density at radius 1 is 1.39 bits per heavy atom. The van der Waals surface area contributed by atoms with Gasteiger partial charge >= 0.3 is 0 Å². The Bertz CT molecular complexity index is 331. The van der Waals surface area contributed by atoms with Gasteiger partial charge in [0.2, 0.25) is 11.8 Å². The maximum absolute atomic E-state index is 12.3. The lowest BCUT2D eigenvalue weighted by Crippen LogP contribution is -2.55. The highest BCUT2D eigenvalue weighted by molar-refractivity contribution is 9.10. The number of alkyl halides is 1. The predicted molar refractivity (Wildman–Crippen MR) is 70.5 cm³/mol. The first kappa shape index (κ1) is 13.8. The van der Waals surface area contributed by atoms with Gasteiger partial charge in [-0.25, -0.2) is 0 Å². The zero-order valence-corrected chi connectivity index (χ0v) is 12.2. The van der Waals surface area contributed by atoms with E-state index in [1.165, 1.54) is 0 Å². The second kappa shape index (κ2) is 6.02. The molecule has 18 heavy (non-hydrogen) atoms. The second-order valence-corrected chi connectivity index (χ2v) is 5.86. The van der Waals surface area contributed by atoms with Crippen LogP contribution in [0, 0.1) is 0 Å². The highest BCUT2D eigenvalue weighted by atomic mass is 79.9. The van der Waals surface area contributed by atoms with E-state index in [0.29, 0.717) is 32.8 Å². The van der Waals surface area contributed by atoms with Crippen LogP contribution in [0.25, 0.3) is 0 Å². The van der Waals surface area contributed by atoms with Gasteiger partial charge in [0.25, 0.3) is 0 Å². The number of halogens is 1. The van der Waals surface area contributed by atoms with E-state index in [1.807, 2.05) is 6.92 Å². The first-order valence-corrected chi connectivity index (χ1v) is 7.34. The summed E-state index contributed by atoms with van der Waals surface area (Å²) in [6.07, 6.45) is 1.80. The molecule has 2 atom stereocenters. The van der Waals surface area contributed by atoms with Gasteiger partial charge in [0.05, 0.1) is 18.0 Å². The fraction of sp³-hybridized carbons (Fsp3) is 0.833. The van der Waals surface area contributed by atoms with Gasteiger partial charge in [-0.2, -0.15) is 0 Å². The molecule has 102 valence electrons. The van der Waals surface area contributed by atoms with Gasteiger partial charge in [-0.1, -0.05) is 15.9 Å². The summed E-state index contributed by atoms with van der Waals surface area (Å²) in [4.78, 5) is 27.7. The number of ether oxygens (including phenoxy) is 1. The molecule has 2 saturated heterocycles. The van der Waals surface area contributed by atoms with Crippen molar-refractivity contribution in [1.29, 1.82) is 0 Å². The van der Waals surface area contributed by atoms with Crippen LogP contribution in [-0.2, 0) is 14.3 Å². The van der Waals surface area contributed by atoms with Crippen LogP contribution in [0.15, 0.2) is 0 Å². The molecule has 0 bridgehead atoms. The Kier molecular flexibility index (Phi) is 4.61. The summed E-state index contributed by atoms with van der Waals surface area (Å²) >= 11 is 3.37. The highest BCUT2D eigenvalue weighted by Gasteiger charge is 2.34. The van der Waals surface area contributed by atoms with E-state index in [2.05, 4.69) is 15.9 Å². The molecule has 0 N–H and O–H groups in total. The van der Waals surface area contributed by atoms with E-state index in [4.69, 9.17) is 4.74 Å². The largest absolute Gasteiger partial charge is 0.378 e. The lowest BCUT2D eigenvalue weighted by Gasteiger charge is -2.37. The van der Waals surface area contributed by atoms with Crippen molar-refractivity contribution in [1.82, 2.24) is 9.80 Å². The lowest BCUT2D eigenvalue weighted by molar-refractivity contribution is -0.148. The number of carbonyl (C=O) groups excluding carboxylic acids is 2. The molecule has 0 radical (unpaired) electrons. The van der Waals surface area contributed by atoms with Gasteiger partial charge in [0.15, 0.2) is 0 Å². The number of nitrogens with zero attached hydrogens (tertiary/aromatic N) is 2. The lowest BCUT2D eigenvalue weighted by atomic mass is 10.1. The molecule has 2 rings (SSSR count). The molecule has 0 aromatic heterocycles. The summed E-state index contributed by atoms with van der Waals surface area (Å²) in [5, 5.41) is 0. The first-order chi connectivity index (χ1) is 8.61. The standard InChI is InChI=1S/C12H19BrN2O3/c1-9(11(16)14-5-7-18-8-6-14)15-4-2-3-10(13)12(15)17/h9-10H,2-8H2,1H3. The van der Waals surface area contributed by atoms with Crippen molar-refractivity contribution in [2.24, 2.45) is 0 Å². The minimum absolute atomic E-state index is 0.0354.